The highest BCUT2D eigenvalue weighted by atomic mass is 16.5. The standard InChI is InChI=1S/C21H21NO4/c1-14(12-19(23)26-13-16-8-4-3-5-9-16)15(2)22-20(24)17-10-6-7-11-18(17)21(22)25/h3-11,14-15H,12-13H2,1-2H3/t14-,15?/m0/s1. The zero-order valence-corrected chi connectivity index (χ0v) is 14.8. The van der Waals surface area contributed by atoms with Crippen molar-refractivity contribution in [3.8, 4) is 0 Å². The molecule has 0 saturated heterocycles. The summed E-state index contributed by atoms with van der Waals surface area (Å²) >= 11 is 0. The number of hydrogen-bond donors (Lipinski definition) is 0. The molecule has 26 heavy (non-hydrogen) atoms. The van der Waals surface area contributed by atoms with Crippen LogP contribution in [0.15, 0.2) is 54.6 Å². The van der Waals surface area contributed by atoms with Crippen LogP contribution in [0.2, 0.25) is 0 Å². The summed E-state index contributed by atoms with van der Waals surface area (Å²) < 4.78 is 5.30. The molecular formula is C21H21NO4. The molecule has 0 fully saturated rings. The lowest BCUT2D eigenvalue weighted by Crippen LogP contribution is -2.42. The Morgan fingerprint density at radius 3 is 2.04 bits per heavy atom. The molecule has 5 heteroatoms. The molecule has 3 rings (SSSR count). The van der Waals surface area contributed by atoms with E-state index in [1.54, 1.807) is 31.2 Å². The summed E-state index contributed by atoms with van der Waals surface area (Å²) in [5.41, 5.74) is 1.76. The highest BCUT2D eigenvalue weighted by Crippen LogP contribution is 2.28. The quantitative estimate of drug-likeness (QED) is 0.591. The number of carbonyl (C=O) groups is 3. The molecule has 134 valence electrons. The van der Waals surface area contributed by atoms with Crippen molar-refractivity contribution < 1.29 is 19.1 Å². The van der Waals surface area contributed by atoms with Gasteiger partial charge in [0, 0.05) is 6.04 Å². The van der Waals surface area contributed by atoms with Crippen LogP contribution < -0.4 is 0 Å². The molecule has 1 heterocycles. The summed E-state index contributed by atoms with van der Waals surface area (Å²) in [5, 5.41) is 0. The molecule has 0 N–H and O–H groups in total. The Morgan fingerprint density at radius 2 is 1.46 bits per heavy atom. The average Bonchev–Trinajstić information content (AvgIpc) is 2.91. The second-order valence-electron chi connectivity index (χ2n) is 6.59. The van der Waals surface area contributed by atoms with Gasteiger partial charge in [-0.3, -0.25) is 19.3 Å². The van der Waals surface area contributed by atoms with E-state index >= 15 is 0 Å². The molecule has 1 aliphatic rings. The summed E-state index contributed by atoms with van der Waals surface area (Å²) in [6.07, 6.45) is 0.140. The van der Waals surface area contributed by atoms with Gasteiger partial charge in [0.2, 0.25) is 0 Å². The maximum absolute atomic E-state index is 12.5. The lowest BCUT2D eigenvalue weighted by atomic mass is 9.98. The fourth-order valence-electron chi connectivity index (χ4n) is 3.06. The number of ether oxygens (including phenoxy) is 1. The average molecular weight is 351 g/mol. The van der Waals surface area contributed by atoms with Crippen molar-refractivity contribution in [1.82, 2.24) is 4.90 Å². The van der Waals surface area contributed by atoms with E-state index in [1.165, 1.54) is 4.90 Å². The van der Waals surface area contributed by atoms with E-state index in [-0.39, 0.29) is 36.7 Å². The van der Waals surface area contributed by atoms with Crippen LogP contribution in [0.4, 0.5) is 0 Å². The summed E-state index contributed by atoms with van der Waals surface area (Å²) in [5.74, 6) is -1.16. The van der Waals surface area contributed by atoms with Gasteiger partial charge >= 0.3 is 5.97 Å². The second kappa shape index (κ2) is 7.52. The first-order valence-electron chi connectivity index (χ1n) is 8.65. The van der Waals surface area contributed by atoms with Crippen LogP contribution in [0, 0.1) is 5.92 Å². The number of amides is 2. The lowest BCUT2D eigenvalue weighted by molar-refractivity contribution is -0.146. The van der Waals surface area contributed by atoms with Crippen LogP contribution >= 0.6 is 0 Å². The van der Waals surface area contributed by atoms with Crippen LogP contribution in [-0.4, -0.2) is 28.7 Å². The monoisotopic (exact) mass is 351 g/mol. The van der Waals surface area contributed by atoms with E-state index in [4.69, 9.17) is 4.74 Å². The summed E-state index contributed by atoms with van der Waals surface area (Å²) in [6.45, 7) is 3.85. The second-order valence-corrected chi connectivity index (χ2v) is 6.59. The number of esters is 1. The normalized spacial score (nSPS) is 15.5. The van der Waals surface area contributed by atoms with Gasteiger partial charge in [0.05, 0.1) is 17.5 Å². The molecule has 0 saturated carbocycles. The Bertz CT molecular complexity index is 796. The van der Waals surface area contributed by atoms with E-state index < -0.39 is 6.04 Å². The van der Waals surface area contributed by atoms with Crippen molar-refractivity contribution in [2.45, 2.75) is 32.9 Å². The van der Waals surface area contributed by atoms with E-state index in [1.807, 2.05) is 37.3 Å². The van der Waals surface area contributed by atoms with Crippen molar-refractivity contribution in [1.29, 1.82) is 0 Å². The van der Waals surface area contributed by atoms with Crippen LogP contribution in [-0.2, 0) is 16.1 Å². The molecule has 2 aromatic rings. The van der Waals surface area contributed by atoms with Gasteiger partial charge in [0.25, 0.3) is 11.8 Å². The molecule has 0 radical (unpaired) electrons. The molecular weight excluding hydrogens is 330 g/mol. The SMILES string of the molecule is CC([C@@H](C)CC(=O)OCc1ccccc1)N1C(=O)c2ccccc2C1=O. The predicted molar refractivity (Wildman–Crippen MR) is 96.4 cm³/mol. The lowest BCUT2D eigenvalue weighted by Gasteiger charge is -2.27. The minimum atomic E-state index is -0.397. The van der Waals surface area contributed by atoms with Gasteiger partial charge < -0.3 is 4.74 Å². The van der Waals surface area contributed by atoms with E-state index in [9.17, 15) is 14.4 Å². The highest BCUT2D eigenvalue weighted by Gasteiger charge is 2.40. The van der Waals surface area contributed by atoms with Gasteiger partial charge in [-0.05, 0) is 30.5 Å². The van der Waals surface area contributed by atoms with Gasteiger partial charge in [-0.25, -0.2) is 0 Å². The number of imide groups is 1. The zero-order chi connectivity index (χ0) is 18.7. The molecule has 1 aliphatic heterocycles. The molecule has 0 aliphatic carbocycles. The maximum Gasteiger partial charge on any atom is 0.306 e. The zero-order valence-electron chi connectivity index (χ0n) is 14.8. The fourth-order valence-corrected chi connectivity index (χ4v) is 3.06. The van der Waals surface area contributed by atoms with E-state index in [2.05, 4.69) is 0 Å². The Morgan fingerprint density at radius 1 is 0.923 bits per heavy atom. The molecule has 0 spiro atoms. The number of hydrogen-bond acceptors (Lipinski definition) is 4. The first-order valence-corrected chi connectivity index (χ1v) is 8.65. The molecule has 1 unspecified atom stereocenters. The minimum absolute atomic E-state index is 0.140. The Balaban J connectivity index is 1.60. The Labute approximate surface area is 152 Å². The fraction of sp³-hybridized carbons (Fsp3) is 0.286. The summed E-state index contributed by atoms with van der Waals surface area (Å²) in [4.78, 5) is 38.4. The van der Waals surface area contributed by atoms with Crippen molar-refractivity contribution in [3.63, 3.8) is 0 Å². The van der Waals surface area contributed by atoms with Crippen molar-refractivity contribution >= 4 is 17.8 Å². The topological polar surface area (TPSA) is 63.7 Å². The van der Waals surface area contributed by atoms with Crippen LogP contribution in [0.5, 0.6) is 0 Å². The van der Waals surface area contributed by atoms with Crippen molar-refractivity contribution in [2.24, 2.45) is 5.92 Å². The third kappa shape index (κ3) is 3.52. The molecule has 2 aromatic carbocycles. The molecule has 0 aromatic heterocycles. The van der Waals surface area contributed by atoms with Crippen molar-refractivity contribution in [3.05, 3.63) is 71.3 Å². The first kappa shape index (κ1) is 17.9. The third-order valence-corrected chi connectivity index (χ3v) is 4.79. The maximum atomic E-state index is 12.5. The van der Waals surface area contributed by atoms with E-state index in [0.717, 1.165) is 5.56 Å². The molecule has 0 bridgehead atoms. The van der Waals surface area contributed by atoms with Gasteiger partial charge in [0.1, 0.15) is 6.61 Å². The number of carbonyl (C=O) groups excluding carboxylic acids is 3. The van der Waals surface area contributed by atoms with E-state index in [0.29, 0.717) is 11.1 Å². The molecule has 2 amide bonds. The number of rotatable bonds is 6. The van der Waals surface area contributed by atoms with Crippen LogP contribution in [0.25, 0.3) is 0 Å². The van der Waals surface area contributed by atoms with Gasteiger partial charge in [-0.15, -0.1) is 0 Å². The first-order chi connectivity index (χ1) is 12.5. The van der Waals surface area contributed by atoms with Gasteiger partial charge in [-0.1, -0.05) is 49.4 Å². The van der Waals surface area contributed by atoms with Crippen LogP contribution in [0.3, 0.4) is 0 Å². The number of fused-ring (bicyclic) bond motifs is 1. The molecule has 5 nitrogen and oxygen atoms in total. The van der Waals surface area contributed by atoms with Crippen molar-refractivity contribution in [2.75, 3.05) is 0 Å². The van der Waals surface area contributed by atoms with Gasteiger partial charge in [-0.2, -0.15) is 0 Å². The molecule has 2 atom stereocenters. The predicted octanol–water partition coefficient (Wildman–Crippen LogP) is 3.44. The van der Waals surface area contributed by atoms with Crippen LogP contribution in [0.1, 0.15) is 46.5 Å². The number of nitrogens with zero attached hydrogens (tertiary/aromatic N) is 1. The third-order valence-electron chi connectivity index (χ3n) is 4.79. The van der Waals surface area contributed by atoms with Gasteiger partial charge in [0.15, 0.2) is 0 Å². The smallest absolute Gasteiger partial charge is 0.306 e. The highest BCUT2D eigenvalue weighted by molar-refractivity contribution is 6.21. The summed E-state index contributed by atoms with van der Waals surface area (Å²) in [7, 11) is 0. The largest absolute Gasteiger partial charge is 0.461 e. The Kier molecular flexibility index (Phi) is 5.16. The minimum Gasteiger partial charge on any atom is -0.461 e. The Hall–Kier alpha value is -2.95. The number of benzene rings is 2. The summed E-state index contributed by atoms with van der Waals surface area (Å²) in [6, 6.07) is 15.8.